The van der Waals surface area contributed by atoms with Gasteiger partial charge in [-0.05, 0) is 13.3 Å². The van der Waals surface area contributed by atoms with Crippen LogP contribution >= 0.6 is 0 Å². The van der Waals surface area contributed by atoms with E-state index in [1.807, 2.05) is 11.8 Å². The third-order valence-corrected chi connectivity index (χ3v) is 3.50. The summed E-state index contributed by atoms with van der Waals surface area (Å²) >= 11 is 0. The molecular weight excluding hydrogens is 234 g/mol. The van der Waals surface area contributed by atoms with Crippen molar-refractivity contribution in [2.24, 2.45) is 5.73 Å². The molecule has 0 aromatic heterocycles. The number of ether oxygens (including phenoxy) is 1. The van der Waals surface area contributed by atoms with Crippen molar-refractivity contribution in [2.75, 3.05) is 32.8 Å². The minimum atomic E-state index is -0.0946. The molecule has 0 saturated carbocycles. The second-order valence-electron chi connectivity index (χ2n) is 5.05. The van der Waals surface area contributed by atoms with Gasteiger partial charge in [-0.15, -0.1) is 0 Å². The first-order valence-electron chi connectivity index (χ1n) is 6.50. The number of likely N-dealkylation sites (tertiary alicyclic amines) is 1. The van der Waals surface area contributed by atoms with Crippen LogP contribution in [0.5, 0.6) is 0 Å². The Morgan fingerprint density at radius 2 is 2.33 bits per heavy atom. The highest BCUT2D eigenvalue weighted by Gasteiger charge is 2.30. The summed E-state index contributed by atoms with van der Waals surface area (Å²) in [6.45, 7) is 4.73. The molecule has 0 aromatic rings. The first-order valence-corrected chi connectivity index (χ1v) is 6.50. The molecule has 0 bridgehead atoms. The maximum Gasteiger partial charge on any atom is 0.243 e. The van der Waals surface area contributed by atoms with Crippen LogP contribution in [0.3, 0.4) is 0 Å². The molecule has 0 radical (unpaired) electrons. The summed E-state index contributed by atoms with van der Waals surface area (Å²) in [6, 6.07) is -0.0451. The second kappa shape index (κ2) is 5.77. The van der Waals surface area contributed by atoms with Crippen LogP contribution in [0.2, 0.25) is 0 Å². The molecule has 2 amide bonds. The zero-order valence-corrected chi connectivity index (χ0v) is 10.8. The molecule has 2 aliphatic heterocycles. The quantitative estimate of drug-likeness (QED) is 0.713. The number of nitrogens with two attached hydrogens (primary N) is 1. The fourth-order valence-electron chi connectivity index (χ4n) is 2.38. The Hall–Kier alpha value is -0.980. The molecular formula is C12H21N3O3. The molecule has 102 valence electrons. The first kappa shape index (κ1) is 13.5. The molecule has 2 rings (SSSR count). The molecule has 2 atom stereocenters. The van der Waals surface area contributed by atoms with Crippen LogP contribution < -0.4 is 5.73 Å². The van der Waals surface area contributed by atoms with Gasteiger partial charge in [-0.2, -0.15) is 0 Å². The highest BCUT2D eigenvalue weighted by atomic mass is 16.5. The van der Waals surface area contributed by atoms with E-state index in [0.29, 0.717) is 26.1 Å². The standard InChI is InChI=1S/C12H21N3O3/c1-9(13)10-7-14(5-6-18-10)8-12(17)15-4-2-3-11(15)16/h9-10H,2-8,13H2,1H3. The van der Waals surface area contributed by atoms with Gasteiger partial charge in [0.1, 0.15) is 0 Å². The van der Waals surface area contributed by atoms with E-state index in [1.165, 1.54) is 4.90 Å². The third kappa shape index (κ3) is 3.07. The molecule has 0 spiro atoms. The van der Waals surface area contributed by atoms with E-state index in [2.05, 4.69) is 0 Å². The topological polar surface area (TPSA) is 75.9 Å². The molecule has 0 aliphatic carbocycles. The van der Waals surface area contributed by atoms with Gasteiger partial charge in [-0.25, -0.2) is 0 Å². The van der Waals surface area contributed by atoms with E-state index in [4.69, 9.17) is 10.5 Å². The fraction of sp³-hybridized carbons (Fsp3) is 0.833. The monoisotopic (exact) mass is 255 g/mol. The van der Waals surface area contributed by atoms with Crippen molar-refractivity contribution in [2.45, 2.75) is 31.9 Å². The van der Waals surface area contributed by atoms with Gasteiger partial charge in [-0.3, -0.25) is 19.4 Å². The summed E-state index contributed by atoms with van der Waals surface area (Å²) in [5.74, 6) is -0.139. The molecule has 2 fully saturated rings. The molecule has 2 heterocycles. The summed E-state index contributed by atoms with van der Waals surface area (Å²) in [5.41, 5.74) is 5.80. The van der Waals surface area contributed by atoms with Crippen LogP contribution in [0, 0.1) is 0 Å². The minimum Gasteiger partial charge on any atom is -0.374 e. The molecule has 2 unspecified atom stereocenters. The Labute approximate surface area is 107 Å². The number of carbonyl (C=O) groups is 2. The van der Waals surface area contributed by atoms with Gasteiger partial charge in [0.2, 0.25) is 11.8 Å². The van der Waals surface area contributed by atoms with Crippen molar-refractivity contribution in [3.63, 3.8) is 0 Å². The van der Waals surface area contributed by atoms with E-state index in [9.17, 15) is 9.59 Å². The van der Waals surface area contributed by atoms with Crippen molar-refractivity contribution < 1.29 is 14.3 Å². The summed E-state index contributed by atoms with van der Waals surface area (Å²) in [4.78, 5) is 26.9. The summed E-state index contributed by atoms with van der Waals surface area (Å²) in [7, 11) is 0. The summed E-state index contributed by atoms with van der Waals surface area (Å²) in [6.07, 6.45) is 1.26. The largest absolute Gasteiger partial charge is 0.374 e. The van der Waals surface area contributed by atoms with Crippen LogP contribution in [-0.2, 0) is 14.3 Å². The van der Waals surface area contributed by atoms with Gasteiger partial charge in [0.15, 0.2) is 0 Å². The van der Waals surface area contributed by atoms with Crippen molar-refractivity contribution in [1.29, 1.82) is 0 Å². The third-order valence-electron chi connectivity index (χ3n) is 3.50. The van der Waals surface area contributed by atoms with E-state index in [-0.39, 0.29) is 30.5 Å². The predicted octanol–water partition coefficient (Wildman–Crippen LogP) is -0.817. The Bertz CT molecular complexity index is 333. The Kier molecular flexibility index (Phi) is 4.31. The van der Waals surface area contributed by atoms with Crippen molar-refractivity contribution in [1.82, 2.24) is 9.80 Å². The van der Waals surface area contributed by atoms with E-state index in [0.717, 1.165) is 13.0 Å². The Morgan fingerprint density at radius 3 is 2.94 bits per heavy atom. The highest BCUT2D eigenvalue weighted by molar-refractivity contribution is 5.97. The molecule has 2 N–H and O–H groups in total. The molecule has 0 aromatic carbocycles. The average molecular weight is 255 g/mol. The van der Waals surface area contributed by atoms with E-state index >= 15 is 0 Å². The maximum atomic E-state index is 12.0. The van der Waals surface area contributed by atoms with E-state index in [1.54, 1.807) is 0 Å². The number of hydrogen-bond donors (Lipinski definition) is 1. The van der Waals surface area contributed by atoms with E-state index < -0.39 is 0 Å². The van der Waals surface area contributed by atoms with Crippen molar-refractivity contribution >= 4 is 11.8 Å². The minimum absolute atomic E-state index is 0.0270. The number of carbonyl (C=O) groups excluding carboxylic acids is 2. The summed E-state index contributed by atoms with van der Waals surface area (Å²) in [5, 5.41) is 0. The number of nitrogens with zero attached hydrogens (tertiary/aromatic N) is 2. The van der Waals surface area contributed by atoms with Crippen LogP contribution in [0.15, 0.2) is 0 Å². The zero-order chi connectivity index (χ0) is 13.1. The maximum absolute atomic E-state index is 12.0. The average Bonchev–Trinajstić information content (AvgIpc) is 2.76. The number of imide groups is 1. The van der Waals surface area contributed by atoms with Gasteiger partial charge in [0.25, 0.3) is 0 Å². The lowest BCUT2D eigenvalue weighted by Crippen LogP contribution is -2.52. The zero-order valence-electron chi connectivity index (χ0n) is 10.8. The highest BCUT2D eigenvalue weighted by Crippen LogP contribution is 2.12. The SMILES string of the molecule is CC(N)C1CN(CC(=O)N2CCCC2=O)CCO1. The molecule has 6 nitrogen and oxygen atoms in total. The lowest BCUT2D eigenvalue weighted by atomic mass is 10.1. The van der Waals surface area contributed by atoms with Crippen LogP contribution in [0.25, 0.3) is 0 Å². The number of morpholine rings is 1. The van der Waals surface area contributed by atoms with Gasteiger partial charge in [-0.1, -0.05) is 0 Å². The molecule has 2 aliphatic rings. The lowest BCUT2D eigenvalue weighted by molar-refractivity contribution is -0.143. The van der Waals surface area contributed by atoms with Crippen molar-refractivity contribution in [3.05, 3.63) is 0 Å². The van der Waals surface area contributed by atoms with Crippen LogP contribution in [-0.4, -0.2) is 66.5 Å². The molecule has 18 heavy (non-hydrogen) atoms. The first-order chi connectivity index (χ1) is 8.58. The smallest absolute Gasteiger partial charge is 0.243 e. The Balaban J connectivity index is 1.85. The molecule has 2 saturated heterocycles. The fourth-order valence-corrected chi connectivity index (χ4v) is 2.38. The van der Waals surface area contributed by atoms with Crippen LogP contribution in [0.1, 0.15) is 19.8 Å². The lowest BCUT2D eigenvalue weighted by Gasteiger charge is -2.34. The van der Waals surface area contributed by atoms with Gasteiger partial charge >= 0.3 is 0 Å². The van der Waals surface area contributed by atoms with Gasteiger partial charge in [0, 0.05) is 32.1 Å². The van der Waals surface area contributed by atoms with Crippen molar-refractivity contribution in [3.8, 4) is 0 Å². The summed E-state index contributed by atoms with van der Waals surface area (Å²) < 4.78 is 5.54. The van der Waals surface area contributed by atoms with Crippen LogP contribution in [0.4, 0.5) is 0 Å². The second-order valence-corrected chi connectivity index (χ2v) is 5.05. The number of hydrogen-bond acceptors (Lipinski definition) is 5. The molecule has 6 heteroatoms. The number of amides is 2. The normalized spacial score (nSPS) is 27.6. The van der Waals surface area contributed by atoms with Gasteiger partial charge in [0.05, 0.1) is 19.3 Å². The Morgan fingerprint density at radius 1 is 1.56 bits per heavy atom. The predicted molar refractivity (Wildman–Crippen MR) is 65.8 cm³/mol. The van der Waals surface area contributed by atoms with Gasteiger partial charge < -0.3 is 10.5 Å². The number of rotatable bonds is 3.